The number of alkyl carbamates (subject to hydrolysis) is 1. The zero-order chi connectivity index (χ0) is 23.3. The fourth-order valence-corrected chi connectivity index (χ4v) is 3.75. The number of nitrogens with one attached hydrogen (secondary N) is 2. The molecule has 0 bridgehead atoms. The molecule has 8 heteroatoms. The molecule has 0 fully saturated rings. The largest absolute Gasteiger partial charge is 0.480 e. The molecule has 170 valence electrons. The summed E-state index contributed by atoms with van der Waals surface area (Å²) in [5, 5.41) is 14.2. The lowest BCUT2D eigenvalue weighted by Gasteiger charge is -2.23. The van der Waals surface area contributed by atoms with Gasteiger partial charge in [0.2, 0.25) is 5.91 Å². The van der Waals surface area contributed by atoms with Crippen molar-refractivity contribution in [1.29, 1.82) is 0 Å². The Hall–Kier alpha value is -3.39. The predicted molar refractivity (Wildman–Crippen MR) is 118 cm³/mol. The van der Waals surface area contributed by atoms with Crippen molar-refractivity contribution in [3.8, 4) is 11.1 Å². The van der Waals surface area contributed by atoms with Crippen LogP contribution < -0.4 is 10.6 Å². The zero-order valence-corrected chi connectivity index (χ0v) is 18.4. The Balaban J connectivity index is 1.52. The van der Waals surface area contributed by atoms with Crippen molar-refractivity contribution in [2.24, 2.45) is 0 Å². The first-order valence-electron chi connectivity index (χ1n) is 10.4. The molecule has 1 aliphatic carbocycles. The van der Waals surface area contributed by atoms with Crippen molar-refractivity contribution in [1.82, 2.24) is 10.6 Å². The molecule has 3 rings (SSSR count). The number of carboxylic acids is 1. The van der Waals surface area contributed by atoms with Gasteiger partial charge in [-0.25, -0.2) is 9.59 Å². The number of amides is 2. The highest BCUT2D eigenvalue weighted by Crippen LogP contribution is 2.44. The predicted octanol–water partition coefficient (Wildman–Crippen LogP) is 2.91. The van der Waals surface area contributed by atoms with E-state index >= 15 is 0 Å². The molecule has 3 N–H and O–H groups in total. The monoisotopic (exact) mass is 440 g/mol. The summed E-state index contributed by atoms with van der Waals surface area (Å²) in [6.07, 6.45) is -1.34. The number of methoxy groups -OCH3 is 1. The first-order chi connectivity index (χ1) is 15.2. The van der Waals surface area contributed by atoms with Gasteiger partial charge in [0.1, 0.15) is 12.1 Å². The molecule has 1 aliphatic rings. The fraction of sp³-hybridized carbons (Fsp3) is 0.375. The number of carbonyl (C=O) groups excluding carboxylic acids is 2. The number of hydrogen-bond acceptors (Lipinski definition) is 5. The van der Waals surface area contributed by atoms with Gasteiger partial charge in [-0.15, -0.1) is 0 Å². The van der Waals surface area contributed by atoms with Crippen LogP contribution in [0.5, 0.6) is 0 Å². The van der Waals surface area contributed by atoms with E-state index < -0.39 is 29.6 Å². The molecule has 0 saturated heterocycles. The summed E-state index contributed by atoms with van der Waals surface area (Å²) in [5.41, 5.74) is 3.14. The highest BCUT2D eigenvalue weighted by Gasteiger charge is 2.31. The van der Waals surface area contributed by atoms with Crippen LogP contribution in [0.4, 0.5) is 4.79 Å². The average Bonchev–Trinajstić information content (AvgIpc) is 3.08. The van der Waals surface area contributed by atoms with Crippen LogP contribution in [-0.4, -0.2) is 55.0 Å². The van der Waals surface area contributed by atoms with Crippen molar-refractivity contribution >= 4 is 18.0 Å². The Morgan fingerprint density at radius 1 is 1.03 bits per heavy atom. The summed E-state index contributed by atoms with van der Waals surface area (Å²) in [6.45, 7) is 3.02. The van der Waals surface area contributed by atoms with Gasteiger partial charge in [-0.1, -0.05) is 48.5 Å². The maximum Gasteiger partial charge on any atom is 0.407 e. The second-order valence-electron chi connectivity index (χ2n) is 8.25. The normalized spacial score (nSPS) is 13.6. The van der Waals surface area contributed by atoms with Crippen LogP contribution in [0.3, 0.4) is 0 Å². The number of hydrogen-bond donors (Lipinski definition) is 3. The second kappa shape index (κ2) is 9.82. The van der Waals surface area contributed by atoms with Gasteiger partial charge in [0.05, 0.1) is 12.5 Å². The van der Waals surface area contributed by atoms with E-state index in [2.05, 4.69) is 22.8 Å². The number of carbonyl (C=O) groups is 3. The van der Waals surface area contributed by atoms with Gasteiger partial charge in [0.15, 0.2) is 0 Å². The van der Waals surface area contributed by atoms with Gasteiger partial charge in [0.25, 0.3) is 0 Å². The zero-order valence-electron chi connectivity index (χ0n) is 18.4. The molecule has 32 heavy (non-hydrogen) atoms. The third kappa shape index (κ3) is 5.26. The Labute approximate surface area is 186 Å². The summed E-state index contributed by atoms with van der Waals surface area (Å²) < 4.78 is 10.7. The van der Waals surface area contributed by atoms with E-state index in [0.717, 1.165) is 22.3 Å². The van der Waals surface area contributed by atoms with Gasteiger partial charge in [-0.3, -0.25) is 4.79 Å². The summed E-state index contributed by atoms with van der Waals surface area (Å²) in [7, 11) is 1.42. The molecule has 2 aromatic carbocycles. The molecular weight excluding hydrogens is 412 g/mol. The number of fused-ring (bicyclic) bond motifs is 3. The van der Waals surface area contributed by atoms with Crippen molar-refractivity contribution in [3.05, 3.63) is 59.7 Å². The molecule has 1 atom stereocenters. The van der Waals surface area contributed by atoms with E-state index in [1.165, 1.54) is 21.0 Å². The van der Waals surface area contributed by atoms with Crippen LogP contribution in [0.1, 0.15) is 37.3 Å². The summed E-state index contributed by atoms with van der Waals surface area (Å²) in [4.78, 5) is 35.5. The Morgan fingerprint density at radius 2 is 1.59 bits per heavy atom. The standard InChI is InChI=1S/C24H28N2O6/c1-24(2,22(28)29)26-21(27)12-15(31-3)13-25-23(30)32-14-20-18-10-6-4-8-16(18)17-9-5-7-11-19(17)20/h4-11,15,20H,12-14H2,1-3H3,(H,25,30)(H,26,27)(H,28,29). The minimum Gasteiger partial charge on any atom is -0.480 e. The van der Waals surface area contributed by atoms with Crippen LogP contribution in [0.15, 0.2) is 48.5 Å². The molecule has 0 saturated carbocycles. The van der Waals surface area contributed by atoms with Crippen LogP contribution in [0, 0.1) is 0 Å². The highest BCUT2D eigenvalue weighted by atomic mass is 16.5. The smallest absolute Gasteiger partial charge is 0.407 e. The van der Waals surface area contributed by atoms with E-state index in [4.69, 9.17) is 14.6 Å². The molecule has 0 heterocycles. The molecule has 2 aromatic rings. The summed E-state index contributed by atoms with van der Waals surface area (Å²) in [5.74, 6) is -1.68. The number of aliphatic carboxylic acids is 1. The molecule has 0 aromatic heterocycles. The minimum absolute atomic E-state index is 0.0459. The summed E-state index contributed by atoms with van der Waals surface area (Å²) >= 11 is 0. The van der Waals surface area contributed by atoms with E-state index in [-0.39, 0.29) is 25.5 Å². The van der Waals surface area contributed by atoms with Crippen molar-refractivity contribution in [2.45, 2.75) is 37.8 Å². The van der Waals surface area contributed by atoms with E-state index in [1.54, 1.807) is 0 Å². The quantitative estimate of drug-likeness (QED) is 0.553. The van der Waals surface area contributed by atoms with Crippen LogP contribution in [-0.2, 0) is 19.1 Å². The second-order valence-corrected chi connectivity index (χ2v) is 8.25. The molecule has 0 aliphatic heterocycles. The Kier molecular flexibility index (Phi) is 7.15. The van der Waals surface area contributed by atoms with Gasteiger partial charge >= 0.3 is 12.1 Å². The van der Waals surface area contributed by atoms with Crippen LogP contribution >= 0.6 is 0 Å². The SMILES string of the molecule is COC(CNC(=O)OCC1c2ccccc2-c2ccccc21)CC(=O)NC(C)(C)C(=O)O. The summed E-state index contributed by atoms with van der Waals surface area (Å²) in [6, 6.07) is 16.1. The van der Waals surface area contributed by atoms with Gasteiger partial charge in [-0.2, -0.15) is 0 Å². The lowest BCUT2D eigenvalue weighted by Crippen LogP contribution is -2.50. The van der Waals surface area contributed by atoms with E-state index in [9.17, 15) is 14.4 Å². The molecule has 0 spiro atoms. The number of benzene rings is 2. The third-order valence-electron chi connectivity index (χ3n) is 5.55. The first kappa shape index (κ1) is 23.3. The maximum absolute atomic E-state index is 12.3. The molecule has 8 nitrogen and oxygen atoms in total. The van der Waals surface area contributed by atoms with E-state index in [1.807, 2.05) is 36.4 Å². The van der Waals surface area contributed by atoms with Crippen LogP contribution in [0.2, 0.25) is 0 Å². The number of rotatable bonds is 9. The molecule has 1 unspecified atom stereocenters. The lowest BCUT2D eigenvalue weighted by molar-refractivity contribution is -0.146. The molecule has 0 radical (unpaired) electrons. The average molecular weight is 440 g/mol. The van der Waals surface area contributed by atoms with Gasteiger partial charge < -0.3 is 25.2 Å². The van der Waals surface area contributed by atoms with Crippen molar-refractivity contribution in [3.63, 3.8) is 0 Å². The fourth-order valence-electron chi connectivity index (χ4n) is 3.75. The molecule has 2 amide bonds. The minimum atomic E-state index is -1.39. The van der Waals surface area contributed by atoms with Crippen LogP contribution in [0.25, 0.3) is 11.1 Å². The van der Waals surface area contributed by atoms with Gasteiger partial charge in [0, 0.05) is 19.6 Å². The van der Waals surface area contributed by atoms with Gasteiger partial charge in [-0.05, 0) is 36.1 Å². The Morgan fingerprint density at radius 3 is 2.12 bits per heavy atom. The molecular formula is C24H28N2O6. The Bertz CT molecular complexity index is 958. The maximum atomic E-state index is 12.3. The third-order valence-corrected chi connectivity index (χ3v) is 5.55. The van der Waals surface area contributed by atoms with Crippen molar-refractivity contribution in [2.75, 3.05) is 20.3 Å². The van der Waals surface area contributed by atoms with Crippen molar-refractivity contribution < 1.29 is 29.0 Å². The number of ether oxygens (including phenoxy) is 2. The first-order valence-corrected chi connectivity index (χ1v) is 10.4. The number of carboxylic acid groups (broad SMARTS) is 1. The topological polar surface area (TPSA) is 114 Å². The van der Waals surface area contributed by atoms with E-state index in [0.29, 0.717) is 0 Å². The lowest BCUT2D eigenvalue weighted by atomic mass is 9.98. The highest BCUT2D eigenvalue weighted by molar-refractivity contribution is 5.86.